The SMILES string of the molecule is CCN1CN(c2cc(-c3c(C(C)C)cccc3C(C)C)ccc2O)c2cccnc21. The molecule has 2 heterocycles. The number of rotatable bonds is 5. The first-order valence-electron chi connectivity index (χ1n) is 10.9. The normalized spacial score (nSPS) is 13.4. The number of aromatic hydroxyl groups is 1. The van der Waals surface area contributed by atoms with Gasteiger partial charge in [-0.2, -0.15) is 0 Å². The second kappa shape index (κ2) is 8.02. The van der Waals surface area contributed by atoms with Gasteiger partial charge in [0.05, 0.1) is 18.0 Å². The van der Waals surface area contributed by atoms with Crippen LogP contribution in [0.2, 0.25) is 0 Å². The molecule has 156 valence electrons. The number of nitrogens with zero attached hydrogens (tertiary/aromatic N) is 3. The third-order valence-corrected chi connectivity index (χ3v) is 5.98. The van der Waals surface area contributed by atoms with E-state index in [1.165, 1.54) is 16.7 Å². The number of hydrogen-bond donors (Lipinski definition) is 1. The van der Waals surface area contributed by atoms with Gasteiger partial charge in [-0.3, -0.25) is 0 Å². The Balaban J connectivity index is 1.88. The second-order valence-corrected chi connectivity index (χ2v) is 8.60. The number of aromatic nitrogens is 1. The third-order valence-electron chi connectivity index (χ3n) is 5.98. The average Bonchev–Trinajstić information content (AvgIpc) is 3.12. The van der Waals surface area contributed by atoms with Crippen LogP contribution in [0, 0.1) is 0 Å². The molecule has 4 heteroatoms. The molecule has 0 bridgehead atoms. The molecule has 0 spiro atoms. The van der Waals surface area contributed by atoms with Gasteiger partial charge in [-0.15, -0.1) is 0 Å². The maximum Gasteiger partial charge on any atom is 0.154 e. The van der Waals surface area contributed by atoms with Gasteiger partial charge in [0.25, 0.3) is 0 Å². The van der Waals surface area contributed by atoms with E-state index in [4.69, 9.17) is 0 Å². The summed E-state index contributed by atoms with van der Waals surface area (Å²) in [5.41, 5.74) is 6.99. The van der Waals surface area contributed by atoms with E-state index in [-0.39, 0.29) is 0 Å². The number of anilines is 3. The van der Waals surface area contributed by atoms with Crippen molar-refractivity contribution in [1.29, 1.82) is 0 Å². The van der Waals surface area contributed by atoms with Gasteiger partial charge in [-0.25, -0.2) is 4.98 Å². The van der Waals surface area contributed by atoms with Crippen molar-refractivity contribution in [3.63, 3.8) is 0 Å². The molecule has 0 saturated heterocycles. The maximum absolute atomic E-state index is 10.8. The van der Waals surface area contributed by atoms with Crippen molar-refractivity contribution in [2.24, 2.45) is 0 Å². The lowest BCUT2D eigenvalue weighted by Crippen LogP contribution is -2.27. The van der Waals surface area contributed by atoms with E-state index >= 15 is 0 Å². The molecule has 4 rings (SSSR count). The Morgan fingerprint density at radius 1 is 0.933 bits per heavy atom. The lowest BCUT2D eigenvalue weighted by Gasteiger charge is -2.24. The van der Waals surface area contributed by atoms with Crippen LogP contribution in [-0.2, 0) is 0 Å². The van der Waals surface area contributed by atoms with Crippen molar-refractivity contribution in [3.8, 4) is 16.9 Å². The minimum atomic E-state index is 0.291. The molecular formula is C26H31N3O. The molecule has 0 aliphatic carbocycles. The summed E-state index contributed by atoms with van der Waals surface area (Å²) < 4.78 is 0. The highest BCUT2D eigenvalue weighted by Gasteiger charge is 2.29. The zero-order valence-electron chi connectivity index (χ0n) is 18.6. The molecule has 0 amide bonds. The van der Waals surface area contributed by atoms with Crippen LogP contribution in [0.15, 0.2) is 54.7 Å². The predicted octanol–water partition coefficient (Wildman–Crippen LogP) is 6.64. The molecule has 1 aromatic heterocycles. The van der Waals surface area contributed by atoms with Crippen molar-refractivity contribution in [2.45, 2.75) is 46.5 Å². The Morgan fingerprint density at radius 3 is 2.27 bits per heavy atom. The van der Waals surface area contributed by atoms with E-state index in [0.717, 1.165) is 29.3 Å². The van der Waals surface area contributed by atoms with E-state index in [2.05, 4.69) is 79.7 Å². The summed E-state index contributed by atoms with van der Waals surface area (Å²) in [5.74, 6) is 2.10. The number of phenols is 1. The van der Waals surface area contributed by atoms with E-state index in [1.54, 1.807) is 0 Å². The van der Waals surface area contributed by atoms with Gasteiger partial charge in [0.15, 0.2) is 5.82 Å². The fraction of sp³-hybridized carbons (Fsp3) is 0.346. The van der Waals surface area contributed by atoms with Crippen molar-refractivity contribution in [1.82, 2.24) is 4.98 Å². The molecule has 3 aromatic rings. The first-order chi connectivity index (χ1) is 14.4. The van der Waals surface area contributed by atoms with Crippen LogP contribution in [0.4, 0.5) is 17.2 Å². The molecule has 2 aromatic carbocycles. The smallest absolute Gasteiger partial charge is 0.154 e. The lowest BCUT2D eigenvalue weighted by atomic mass is 9.85. The summed E-state index contributed by atoms with van der Waals surface area (Å²) in [4.78, 5) is 8.96. The monoisotopic (exact) mass is 401 g/mol. The van der Waals surface area contributed by atoms with E-state index in [0.29, 0.717) is 24.3 Å². The van der Waals surface area contributed by atoms with Crippen LogP contribution in [-0.4, -0.2) is 23.3 Å². The standard InChI is InChI=1S/C26H31N3O/c1-6-28-16-29(22-11-8-14-27-26(22)28)23-15-19(12-13-24(23)30)25-20(17(2)3)9-7-10-21(25)18(4)5/h7-15,17-18,30H,6,16H2,1-5H3. The van der Waals surface area contributed by atoms with Crippen LogP contribution in [0.5, 0.6) is 5.75 Å². The molecule has 1 aliphatic heterocycles. The van der Waals surface area contributed by atoms with Crippen LogP contribution in [0.3, 0.4) is 0 Å². The van der Waals surface area contributed by atoms with Crippen molar-refractivity contribution >= 4 is 17.2 Å². The number of pyridine rings is 1. The van der Waals surface area contributed by atoms with Crippen LogP contribution < -0.4 is 9.80 Å². The number of phenolic OH excluding ortho intramolecular Hbond substituents is 1. The van der Waals surface area contributed by atoms with Gasteiger partial charge in [0.2, 0.25) is 0 Å². The molecule has 4 nitrogen and oxygen atoms in total. The average molecular weight is 402 g/mol. The lowest BCUT2D eigenvalue weighted by molar-refractivity contribution is 0.475. The molecule has 0 atom stereocenters. The number of fused-ring (bicyclic) bond motifs is 1. The first kappa shape index (κ1) is 20.3. The highest BCUT2D eigenvalue weighted by molar-refractivity contribution is 5.85. The number of hydrogen-bond acceptors (Lipinski definition) is 4. The molecule has 0 radical (unpaired) electrons. The van der Waals surface area contributed by atoms with Gasteiger partial charge in [-0.05, 0) is 65.3 Å². The molecule has 0 saturated carbocycles. The van der Waals surface area contributed by atoms with Crippen molar-refractivity contribution in [2.75, 3.05) is 23.0 Å². The Labute approximate surface area is 179 Å². The first-order valence-corrected chi connectivity index (χ1v) is 10.9. The van der Waals surface area contributed by atoms with Crippen LogP contribution in [0.1, 0.15) is 57.6 Å². The van der Waals surface area contributed by atoms with E-state index in [1.807, 2.05) is 24.4 Å². The van der Waals surface area contributed by atoms with Gasteiger partial charge >= 0.3 is 0 Å². The summed E-state index contributed by atoms with van der Waals surface area (Å²) in [6, 6.07) is 16.7. The van der Waals surface area contributed by atoms with Gasteiger partial charge < -0.3 is 14.9 Å². The van der Waals surface area contributed by atoms with Gasteiger partial charge in [-0.1, -0.05) is 52.0 Å². The van der Waals surface area contributed by atoms with Crippen molar-refractivity contribution < 1.29 is 5.11 Å². The Morgan fingerprint density at radius 2 is 1.63 bits per heavy atom. The zero-order valence-corrected chi connectivity index (χ0v) is 18.6. The second-order valence-electron chi connectivity index (χ2n) is 8.60. The van der Waals surface area contributed by atoms with Gasteiger partial charge in [0.1, 0.15) is 5.75 Å². The van der Waals surface area contributed by atoms with Crippen LogP contribution >= 0.6 is 0 Å². The Bertz CT molecular complexity index is 1030. The maximum atomic E-state index is 10.8. The zero-order chi connectivity index (χ0) is 21.4. The van der Waals surface area contributed by atoms with Crippen molar-refractivity contribution in [3.05, 3.63) is 65.9 Å². The summed E-state index contributed by atoms with van der Waals surface area (Å²) in [6.07, 6.45) is 1.83. The van der Waals surface area contributed by atoms with E-state index in [9.17, 15) is 5.11 Å². The molecule has 0 fully saturated rings. The minimum absolute atomic E-state index is 0.291. The fourth-order valence-corrected chi connectivity index (χ4v) is 4.39. The quantitative estimate of drug-likeness (QED) is 0.520. The highest BCUT2D eigenvalue weighted by Crippen LogP contribution is 2.45. The molecule has 1 aliphatic rings. The Kier molecular flexibility index (Phi) is 5.42. The minimum Gasteiger partial charge on any atom is -0.506 e. The largest absolute Gasteiger partial charge is 0.506 e. The fourth-order valence-electron chi connectivity index (χ4n) is 4.39. The van der Waals surface area contributed by atoms with Gasteiger partial charge in [0, 0.05) is 12.7 Å². The molecular weight excluding hydrogens is 370 g/mol. The summed E-state index contributed by atoms with van der Waals surface area (Å²) >= 11 is 0. The third kappa shape index (κ3) is 3.41. The topological polar surface area (TPSA) is 39.6 Å². The summed E-state index contributed by atoms with van der Waals surface area (Å²) in [7, 11) is 0. The predicted molar refractivity (Wildman–Crippen MR) is 126 cm³/mol. The Hall–Kier alpha value is -3.01. The summed E-state index contributed by atoms with van der Waals surface area (Å²) in [5, 5.41) is 10.8. The molecule has 1 N–H and O–H groups in total. The van der Waals surface area contributed by atoms with E-state index < -0.39 is 0 Å². The summed E-state index contributed by atoms with van der Waals surface area (Å²) in [6.45, 7) is 12.7. The van der Waals surface area contributed by atoms with Crippen LogP contribution in [0.25, 0.3) is 11.1 Å². The molecule has 30 heavy (non-hydrogen) atoms. The molecule has 0 unspecified atom stereocenters. The number of benzene rings is 2. The highest BCUT2D eigenvalue weighted by atomic mass is 16.3.